The van der Waals surface area contributed by atoms with Gasteiger partial charge < -0.3 is 4.74 Å². The second-order valence-electron chi connectivity index (χ2n) is 8.87. The molecule has 0 radical (unpaired) electrons. The minimum absolute atomic E-state index is 0.610. The topological polar surface area (TPSA) is 21.6 Å². The van der Waals surface area contributed by atoms with E-state index in [2.05, 4.69) is 57.0 Å². The molecule has 0 bridgehead atoms. The highest BCUT2D eigenvalue weighted by molar-refractivity contribution is 5.79. The highest BCUT2D eigenvalue weighted by Gasteiger charge is 2.04. The fraction of sp³-hybridized carbons (Fsp3) is 0.552. The summed E-state index contributed by atoms with van der Waals surface area (Å²) in [5.74, 6) is 0.907. The number of hydrogen-bond donors (Lipinski definition) is 0. The van der Waals surface area contributed by atoms with E-state index in [1.54, 1.807) is 0 Å². The average molecular weight is 422 g/mol. The van der Waals surface area contributed by atoms with Gasteiger partial charge in [0, 0.05) is 12.8 Å². The maximum absolute atomic E-state index is 6.00. The van der Waals surface area contributed by atoms with Crippen LogP contribution in [0, 0.1) is 20.8 Å². The van der Waals surface area contributed by atoms with Gasteiger partial charge in [-0.25, -0.2) is 0 Å². The zero-order valence-corrected chi connectivity index (χ0v) is 20.4. The van der Waals surface area contributed by atoms with Gasteiger partial charge in [-0.1, -0.05) is 76.8 Å². The Balaban J connectivity index is 1.59. The summed E-state index contributed by atoms with van der Waals surface area (Å²) in [6, 6.07) is 12.6. The third-order valence-electron chi connectivity index (χ3n) is 6.33. The molecular formula is C29H43NO. The lowest BCUT2D eigenvalue weighted by Gasteiger charge is -2.12. The standard InChI is InChI=1S/C29H43NO/c1-5-6-7-8-9-10-11-12-13-14-21-30-22-27-16-19-29(20-17-27)31-23-28-18-15-24(2)25(3)26(28)4/h15-20,22H,5-14,21,23H2,1-4H3. The molecule has 0 atom stereocenters. The first-order valence-electron chi connectivity index (χ1n) is 12.4. The van der Waals surface area contributed by atoms with E-state index >= 15 is 0 Å². The molecule has 0 unspecified atom stereocenters. The van der Waals surface area contributed by atoms with Gasteiger partial charge in [0.05, 0.1) is 0 Å². The van der Waals surface area contributed by atoms with Crippen molar-refractivity contribution >= 4 is 6.21 Å². The van der Waals surface area contributed by atoms with Crippen molar-refractivity contribution < 1.29 is 4.74 Å². The van der Waals surface area contributed by atoms with Gasteiger partial charge >= 0.3 is 0 Å². The first-order chi connectivity index (χ1) is 15.1. The summed E-state index contributed by atoms with van der Waals surface area (Å²) in [6.45, 7) is 10.3. The maximum atomic E-state index is 6.00. The van der Waals surface area contributed by atoms with E-state index in [4.69, 9.17) is 4.74 Å². The first-order valence-corrected chi connectivity index (χ1v) is 12.4. The van der Waals surface area contributed by atoms with Crippen LogP contribution in [-0.2, 0) is 6.61 Å². The van der Waals surface area contributed by atoms with E-state index in [9.17, 15) is 0 Å². The molecule has 0 heterocycles. The van der Waals surface area contributed by atoms with E-state index in [1.807, 2.05) is 18.3 Å². The summed E-state index contributed by atoms with van der Waals surface area (Å²) >= 11 is 0. The molecule has 0 fully saturated rings. The minimum Gasteiger partial charge on any atom is -0.489 e. The van der Waals surface area contributed by atoms with Crippen LogP contribution in [0.25, 0.3) is 0 Å². The molecule has 0 aliphatic heterocycles. The molecular weight excluding hydrogens is 378 g/mol. The van der Waals surface area contributed by atoms with Crippen LogP contribution in [0.1, 0.15) is 98.9 Å². The lowest BCUT2D eigenvalue weighted by molar-refractivity contribution is 0.305. The summed E-state index contributed by atoms with van der Waals surface area (Å²) in [4.78, 5) is 4.60. The normalized spacial score (nSPS) is 11.4. The Morgan fingerprint density at radius 3 is 1.97 bits per heavy atom. The van der Waals surface area contributed by atoms with Gasteiger partial charge in [-0.05, 0) is 79.3 Å². The highest BCUT2D eigenvalue weighted by atomic mass is 16.5. The molecule has 170 valence electrons. The second kappa shape index (κ2) is 14.8. The van der Waals surface area contributed by atoms with Crippen LogP contribution in [0.5, 0.6) is 5.75 Å². The Labute approximate surface area is 191 Å². The lowest BCUT2D eigenvalue weighted by Crippen LogP contribution is -2.00. The molecule has 0 spiro atoms. The third-order valence-corrected chi connectivity index (χ3v) is 6.33. The molecule has 0 aromatic heterocycles. The Bertz CT molecular complexity index is 776. The molecule has 0 N–H and O–H groups in total. The van der Waals surface area contributed by atoms with Gasteiger partial charge in [-0.15, -0.1) is 0 Å². The van der Waals surface area contributed by atoms with Crippen LogP contribution in [0.2, 0.25) is 0 Å². The fourth-order valence-corrected chi connectivity index (χ4v) is 3.84. The highest BCUT2D eigenvalue weighted by Crippen LogP contribution is 2.20. The van der Waals surface area contributed by atoms with E-state index in [1.165, 1.54) is 86.5 Å². The summed E-state index contributed by atoms with van der Waals surface area (Å²) < 4.78 is 6.00. The van der Waals surface area contributed by atoms with E-state index in [0.29, 0.717) is 6.61 Å². The molecule has 2 rings (SSSR count). The van der Waals surface area contributed by atoms with Crippen LogP contribution < -0.4 is 4.74 Å². The smallest absolute Gasteiger partial charge is 0.119 e. The minimum atomic E-state index is 0.610. The molecule has 2 aromatic rings. The summed E-state index contributed by atoms with van der Waals surface area (Å²) in [5.41, 5.74) is 6.42. The number of benzene rings is 2. The largest absolute Gasteiger partial charge is 0.489 e. The van der Waals surface area contributed by atoms with Crippen LogP contribution in [0.15, 0.2) is 41.4 Å². The Hall–Kier alpha value is -2.09. The summed E-state index contributed by atoms with van der Waals surface area (Å²) in [7, 11) is 0. The summed E-state index contributed by atoms with van der Waals surface area (Å²) in [6.07, 6.45) is 15.6. The number of aryl methyl sites for hydroxylation is 1. The van der Waals surface area contributed by atoms with Crippen LogP contribution >= 0.6 is 0 Å². The number of nitrogens with zero attached hydrogens (tertiary/aromatic N) is 1. The van der Waals surface area contributed by atoms with E-state index in [0.717, 1.165) is 17.9 Å². The number of ether oxygens (including phenoxy) is 1. The van der Waals surface area contributed by atoms with Gasteiger partial charge in [0.2, 0.25) is 0 Å². The summed E-state index contributed by atoms with van der Waals surface area (Å²) in [5, 5.41) is 0. The van der Waals surface area contributed by atoms with Crippen molar-refractivity contribution in [2.45, 2.75) is 98.5 Å². The third kappa shape index (κ3) is 9.72. The predicted molar refractivity (Wildman–Crippen MR) is 136 cm³/mol. The maximum Gasteiger partial charge on any atom is 0.119 e. The Morgan fingerprint density at radius 1 is 0.710 bits per heavy atom. The van der Waals surface area contributed by atoms with Gasteiger partial charge in [0.15, 0.2) is 0 Å². The molecule has 0 aliphatic carbocycles. The quantitative estimate of drug-likeness (QED) is 0.208. The lowest BCUT2D eigenvalue weighted by atomic mass is 9.99. The van der Waals surface area contributed by atoms with Gasteiger partial charge in [0.1, 0.15) is 12.4 Å². The van der Waals surface area contributed by atoms with Crippen molar-refractivity contribution in [3.63, 3.8) is 0 Å². The van der Waals surface area contributed by atoms with Gasteiger partial charge in [-0.2, -0.15) is 0 Å². The molecule has 0 saturated heterocycles. The van der Waals surface area contributed by atoms with Crippen molar-refractivity contribution in [2.24, 2.45) is 4.99 Å². The Kier molecular flexibility index (Phi) is 12.0. The molecule has 2 nitrogen and oxygen atoms in total. The first kappa shape index (κ1) is 25.2. The SMILES string of the molecule is CCCCCCCCCCCCN=Cc1ccc(OCc2ccc(C)c(C)c2C)cc1. The van der Waals surface area contributed by atoms with Crippen LogP contribution in [0.4, 0.5) is 0 Å². The van der Waals surface area contributed by atoms with Crippen molar-refractivity contribution in [2.75, 3.05) is 6.54 Å². The monoisotopic (exact) mass is 421 g/mol. The molecule has 2 heteroatoms. The van der Waals surface area contributed by atoms with Crippen LogP contribution in [0.3, 0.4) is 0 Å². The zero-order valence-electron chi connectivity index (χ0n) is 20.4. The number of hydrogen-bond acceptors (Lipinski definition) is 2. The fourth-order valence-electron chi connectivity index (χ4n) is 3.84. The zero-order chi connectivity index (χ0) is 22.3. The molecule has 0 amide bonds. The molecule has 0 saturated carbocycles. The molecule has 2 aromatic carbocycles. The van der Waals surface area contributed by atoms with Crippen molar-refractivity contribution in [3.05, 3.63) is 64.2 Å². The predicted octanol–water partition coefficient (Wildman–Crippen LogP) is 8.53. The van der Waals surface area contributed by atoms with Crippen LogP contribution in [-0.4, -0.2) is 12.8 Å². The van der Waals surface area contributed by atoms with Gasteiger partial charge in [0.25, 0.3) is 0 Å². The Morgan fingerprint density at radius 2 is 1.32 bits per heavy atom. The number of rotatable bonds is 15. The van der Waals surface area contributed by atoms with Crippen molar-refractivity contribution in [3.8, 4) is 5.75 Å². The average Bonchev–Trinajstić information content (AvgIpc) is 2.78. The molecule has 31 heavy (non-hydrogen) atoms. The van der Waals surface area contributed by atoms with E-state index in [-0.39, 0.29) is 0 Å². The molecule has 0 aliphatic rings. The van der Waals surface area contributed by atoms with E-state index < -0.39 is 0 Å². The number of unbranched alkanes of at least 4 members (excludes halogenated alkanes) is 9. The second-order valence-corrected chi connectivity index (χ2v) is 8.87. The van der Waals surface area contributed by atoms with Gasteiger partial charge in [-0.3, -0.25) is 4.99 Å². The van der Waals surface area contributed by atoms with Crippen molar-refractivity contribution in [1.82, 2.24) is 0 Å². The van der Waals surface area contributed by atoms with Crippen molar-refractivity contribution in [1.29, 1.82) is 0 Å². The number of aliphatic imine (C=N–C) groups is 1.